The Bertz CT molecular complexity index is 1550. The number of anilines is 1. The molecule has 0 spiro atoms. The highest BCUT2D eigenvalue weighted by atomic mass is 79.9. The molecule has 1 N–H and O–H groups in total. The van der Waals surface area contributed by atoms with Crippen molar-refractivity contribution in [3.63, 3.8) is 0 Å². The van der Waals surface area contributed by atoms with Crippen molar-refractivity contribution in [3.05, 3.63) is 87.4 Å². The summed E-state index contributed by atoms with van der Waals surface area (Å²) in [5.74, 6) is 0.753. The molecule has 34 heavy (non-hydrogen) atoms. The number of nitrogens with one attached hydrogen (secondary N) is 1. The minimum absolute atomic E-state index is 0.257. The number of methoxy groups -OCH3 is 1. The smallest absolute Gasteiger partial charge is 0.259 e. The highest BCUT2D eigenvalue weighted by Crippen LogP contribution is 2.37. The van der Waals surface area contributed by atoms with Gasteiger partial charge in [0.05, 0.1) is 17.1 Å². The summed E-state index contributed by atoms with van der Waals surface area (Å²) in [6.07, 6.45) is 0. The third kappa shape index (κ3) is 3.84. The number of hydrogen-bond donors (Lipinski definition) is 1. The molecule has 0 aliphatic rings. The van der Waals surface area contributed by atoms with E-state index in [2.05, 4.69) is 40.1 Å². The molecule has 1 heterocycles. The van der Waals surface area contributed by atoms with Crippen LogP contribution in [0.2, 0.25) is 0 Å². The van der Waals surface area contributed by atoms with Gasteiger partial charge >= 0.3 is 0 Å². The van der Waals surface area contributed by atoms with Gasteiger partial charge in [-0.25, -0.2) is 4.98 Å². The van der Waals surface area contributed by atoms with Crippen LogP contribution in [0.15, 0.2) is 69.6 Å². The van der Waals surface area contributed by atoms with Gasteiger partial charge in [-0.2, -0.15) is 0 Å². The summed E-state index contributed by atoms with van der Waals surface area (Å²) in [4.78, 5) is 18.0. The SMILES string of the molecule is COc1c(C(=O)Nc2cc(-c3nc4cc(C)c(C)cc4o3)ccc2C)cc2ccccc2c1Br. The van der Waals surface area contributed by atoms with Gasteiger partial charge in [0.25, 0.3) is 5.91 Å². The molecule has 6 heteroatoms. The fraction of sp³-hybridized carbons (Fsp3) is 0.143. The van der Waals surface area contributed by atoms with Gasteiger partial charge in [-0.1, -0.05) is 30.3 Å². The van der Waals surface area contributed by atoms with E-state index >= 15 is 0 Å². The topological polar surface area (TPSA) is 64.4 Å². The van der Waals surface area contributed by atoms with Gasteiger partial charge in [-0.15, -0.1) is 0 Å². The second-order valence-electron chi connectivity index (χ2n) is 8.40. The molecule has 0 fully saturated rings. The fourth-order valence-corrected chi connectivity index (χ4v) is 4.77. The van der Waals surface area contributed by atoms with Crippen LogP contribution in [0.1, 0.15) is 27.0 Å². The van der Waals surface area contributed by atoms with Gasteiger partial charge in [-0.05, 0) is 94.5 Å². The summed E-state index contributed by atoms with van der Waals surface area (Å²) in [5, 5.41) is 4.98. The zero-order valence-corrected chi connectivity index (χ0v) is 20.9. The molecule has 1 amide bonds. The Kier molecular flexibility index (Phi) is 5.62. The molecule has 170 valence electrons. The first-order chi connectivity index (χ1) is 16.4. The maximum Gasteiger partial charge on any atom is 0.259 e. The summed E-state index contributed by atoms with van der Waals surface area (Å²) in [5.41, 5.74) is 6.74. The van der Waals surface area contributed by atoms with Crippen LogP contribution in [0, 0.1) is 20.8 Å². The van der Waals surface area contributed by atoms with Crippen molar-refractivity contribution in [1.29, 1.82) is 0 Å². The van der Waals surface area contributed by atoms with Crippen molar-refractivity contribution in [2.75, 3.05) is 12.4 Å². The Morgan fingerprint density at radius 3 is 2.53 bits per heavy atom. The predicted molar refractivity (Wildman–Crippen MR) is 140 cm³/mol. The lowest BCUT2D eigenvalue weighted by Gasteiger charge is -2.15. The number of nitrogens with zero attached hydrogens (tertiary/aromatic N) is 1. The van der Waals surface area contributed by atoms with E-state index in [0.29, 0.717) is 22.9 Å². The number of amides is 1. The number of carbonyl (C=O) groups is 1. The largest absolute Gasteiger partial charge is 0.495 e. The summed E-state index contributed by atoms with van der Waals surface area (Å²) in [6, 6.07) is 19.5. The van der Waals surface area contributed by atoms with Crippen LogP contribution in [0.3, 0.4) is 0 Å². The number of fused-ring (bicyclic) bond motifs is 2. The molecule has 5 rings (SSSR count). The van der Waals surface area contributed by atoms with E-state index in [-0.39, 0.29) is 5.91 Å². The van der Waals surface area contributed by atoms with E-state index in [0.717, 1.165) is 43.0 Å². The van der Waals surface area contributed by atoms with Crippen molar-refractivity contribution in [1.82, 2.24) is 4.98 Å². The maximum atomic E-state index is 13.4. The molecule has 0 radical (unpaired) electrons. The minimum atomic E-state index is -0.257. The molecule has 0 unspecified atom stereocenters. The number of aryl methyl sites for hydroxylation is 3. The molecule has 0 atom stereocenters. The second kappa shape index (κ2) is 8.61. The summed E-state index contributed by atoms with van der Waals surface area (Å²) in [7, 11) is 1.56. The summed E-state index contributed by atoms with van der Waals surface area (Å²) < 4.78 is 12.4. The molecule has 5 nitrogen and oxygen atoms in total. The van der Waals surface area contributed by atoms with Crippen molar-refractivity contribution < 1.29 is 13.9 Å². The molecular formula is C28H23BrN2O3. The molecule has 0 bridgehead atoms. The zero-order chi connectivity index (χ0) is 24.0. The number of benzene rings is 4. The van der Waals surface area contributed by atoms with Crippen molar-refractivity contribution in [3.8, 4) is 17.2 Å². The van der Waals surface area contributed by atoms with Gasteiger partial charge in [0.1, 0.15) is 11.3 Å². The summed E-state index contributed by atoms with van der Waals surface area (Å²) in [6.45, 7) is 6.06. The molecule has 0 saturated carbocycles. The Hall–Kier alpha value is -3.64. The average Bonchev–Trinajstić information content (AvgIpc) is 3.23. The standard InChI is InChI=1S/C28H23BrN2O3/c1-15-9-10-19(28-31-23-11-16(2)17(3)12-24(23)34-28)14-22(15)30-27(32)21-13-18-7-5-6-8-20(18)25(29)26(21)33-4/h5-14H,1-4H3,(H,30,32). The lowest BCUT2D eigenvalue weighted by atomic mass is 10.0. The van der Waals surface area contributed by atoms with Crippen LogP contribution in [0.5, 0.6) is 5.75 Å². The fourth-order valence-electron chi connectivity index (χ4n) is 4.04. The number of halogens is 1. The van der Waals surface area contributed by atoms with Crippen LogP contribution in [0.25, 0.3) is 33.3 Å². The van der Waals surface area contributed by atoms with E-state index in [1.54, 1.807) is 7.11 Å². The first-order valence-electron chi connectivity index (χ1n) is 10.9. The third-order valence-electron chi connectivity index (χ3n) is 6.13. The van der Waals surface area contributed by atoms with E-state index in [4.69, 9.17) is 9.15 Å². The van der Waals surface area contributed by atoms with Gasteiger partial charge in [0, 0.05) is 11.3 Å². The van der Waals surface area contributed by atoms with E-state index in [1.165, 1.54) is 5.56 Å². The van der Waals surface area contributed by atoms with Crippen LogP contribution < -0.4 is 10.1 Å². The highest BCUT2D eigenvalue weighted by Gasteiger charge is 2.19. The zero-order valence-electron chi connectivity index (χ0n) is 19.3. The monoisotopic (exact) mass is 514 g/mol. The molecule has 0 saturated heterocycles. The number of carbonyl (C=O) groups excluding carboxylic acids is 1. The van der Waals surface area contributed by atoms with E-state index in [1.807, 2.05) is 67.6 Å². The lowest BCUT2D eigenvalue weighted by molar-refractivity contribution is 0.102. The first kappa shape index (κ1) is 22.2. The Morgan fingerprint density at radius 1 is 0.971 bits per heavy atom. The highest BCUT2D eigenvalue weighted by molar-refractivity contribution is 9.10. The van der Waals surface area contributed by atoms with E-state index in [9.17, 15) is 4.79 Å². The van der Waals surface area contributed by atoms with Gasteiger partial charge in [0.2, 0.25) is 5.89 Å². The lowest BCUT2D eigenvalue weighted by Crippen LogP contribution is -2.14. The van der Waals surface area contributed by atoms with Gasteiger partial charge in [-0.3, -0.25) is 4.79 Å². The quantitative estimate of drug-likeness (QED) is 0.268. The van der Waals surface area contributed by atoms with Gasteiger partial charge in [0.15, 0.2) is 5.58 Å². The summed E-state index contributed by atoms with van der Waals surface area (Å²) >= 11 is 3.60. The molecular weight excluding hydrogens is 492 g/mol. The van der Waals surface area contributed by atoms with Crippen molar-refractivity contribution >= 4 is 49.4 Å². The van der Waals surface area contributed by atoms with Gasteiger partial charge < -0.3 is 14.5 Å². The Morgan fingerprint density at radius 2 is 1.74 bits per heavy atom. The van der Waals surface area contributed by atoms with Crippen LogP contribution in [0.4, 0.5) is 5.69 Å². The molecule has 4 aromatic carbocycles. The number of rotatable bonds is 4. The Labute approximate surface area is 205 Å². The first-order valence-corrected chi connectivity index (χ1v) is 11.7. The minimum Gasteiger partial charge on any atom is -0.495 e. The number of aromatic nitrogens is 1. The van der Waals surface area contributed by atoms with Crippen LogP contribution in [-0.2, 0) is 0 Å². The maximum absolute atomic E-state index is 13.4. The van der Waals surface area contributed by atoms with Crippen molar-refractivity contribution in [2.24, 2.45) is 0 Å². The van der Waals surface area contributed by atoms with Crippen molar-refractivity contribution in [2.45, 2.75) is 20.8 Å². The molecule has 0 aliphatic heterocycles. The number of ether oxygens (including phenoxy) is 1. The predicted octanol–water partition coefficient (Wildman–Crippen LogP) is 7.60. The molecule has 0 aliphatic carbocycles. The third-order valence-corrected chi connectivity index (χ3v) is 6.91. The Balaban J connectivity index is 1.52. The normalized spacial score (nSPS) is 11.2. The molecule has 1 aromatic heterocycles. The number of hydrogen-bond acceptors (Lipinski definition) is 4. The average molecular weight is 515 g/mol. The molecule has 5 aromatic rings. The van der Waals surface area contributed by atoms with Crippen LogP contribution in [-0.4, -0.2) is 18.0 Å². The second-order valence-corrected chi connectivity index (χ2v) is 9.19. The van der Waals surface area contributed by atoms with E-state index < -0.39 is 0 Å². The number of oxazole rings is 1. The van der Waals surface area contributed by atoms with Crippen LogP contribution >= 0.6 is 15.9 Å².